The molecule has 6 heteroatoms. The summed E-state index contributed by atoms with van der Waals surface area (Å²) in [5.41, 5.74) is 1.08. The number of piperidine rings is 2. The number of carbonyl (C=O) groups excluding carboxylic acids is 1. The van der Waals surface area contributed by atoms with Crippen LogP contribution in [0.3, 0.4) is 0 Å². The molecule has 3 aromatic rings. The predicted octanol–water partition coefficient (Wildman–Crippen LogP) is 2.65. The number of benzene rings is 2. The van der Waals surface area contributed by atoms with Gasteiger partial charge in [0.15, 0.2) is 0 Å². The Hall–Kier alpha value is -2.96. The predicted molar refractivity (Wildman–Crippen MR) is 114 cm³/mol. The number of likely N-dealkylation sites (tertiary alicyclic amines) is 1. The topological polar surface area (TPSA) is 82.8 Å². The van der Waals surface area contributed by atoms with Crippen molar-refractivity contribution in [1.29, 1.82) is 0 Å². The molecule has 30 heavy (non-hydrogen) atoms. The van der Waals surface area contributed by atoms with E-state index in [1.54, 1.807) is 30.3 Å². The molecular weight excluding hydrogens is 380 g/mol. The highest BCUT2D eigenvalue weighted by Gasteiger charge is 2.43. The number of amides is 1. The normalized spacial score (nSPS) is 23.9. The van der Waals surface area contributed by atoms with E-state index in [4.69, 9.17) is 4.42 Å². The van der Waals surface area contributed by atoms with E-state index in [9.17, 15) is 14.7 Å². The van der Waals surface area contributed by atoms with Crippen molar-refractivity contribution in [3.63, 3.8) is 0 Å². The van der Waals surface area contributed by atoms with Crippen LogP contribution in [0, 0.1) is 5.92 Å². The monoisotopic (exact) mass is 404 g/mol. The molecule has 2 aromatic carbocycles. The first-order valence-corrected chi connectivity index (χ1v) is 10.4. The van der Waals surface area contributed by atoms with Crippen LogP contribution in [-0.4, -0.2) is 47.7 Å². The van der Waals surface area contributed by atoms with E-state index >= 15 is 0 Å². The maximum atomic E-state index is 13.2. The van der Waals surface area contributed by atoms with Gasteiger partial charge in [0.1, 0.15) is 5.58 Å². The van der Waals surface area contributed by atoms with Crippen molar-refractivity contribution in [2.24, 2.45) is 5.92 Å². The second-order valence-corrected chi connectivity index (χ2v) is 8.32. The molecule has 3 heterocycles. The Morgan fingerprint density at radius 1 is 1.13 bits per heavy atom. The molecule has 2 saturated heterocycles. The van der Waals surface area contributed by atoms with Gasteiger partial charge in [-0.2, -0.15) is 0 Å². The first-order chi connectivity index (χ1) is 14.5. The van der Waals surface area contributed by atoms with Crippen molar-refractivity contribution in [2.75, 3.05) is 26.2 Å². The third-order valence-electron chi connectivity index (χ3n) is 6.49. The molecule has 2 fully saturated rings. The number of nitrogens with zero attached hydrogens (tertiary/aromatic N) is 1. The molecule has 0 spiro atoms. The number of nitrogens with one attached hydrogen (secondary N) is 1. The van der Waals surface area contributed by atoms with E-state index in [1.165, 1.54) is 0 Å². The number of aliphatic hydroxyl groups is 1. The third kappa shape index (κ3) is 3.32. The zero-order chi connectivity index (χ0) is 20.7. The third-order valence-corrected chi connectivity index (χ3v) is 6.49. The molecule has 2 atom stereocenters. The van der Waals surface area contributed by atoms with Crippen LogP contribution in [0.15, 0.2) is 63.8 Å². The molecule has 0 saturated carbocycles. The van der Waals surface area contributed by atoms with Gasteiger partial charge in [0, 0.05) is 36.5 Å². The van der Waals surface area contributed by atoms with Gasteiger partial charge in [0.2, 0.25) is 0 Å². The fourth-order valence-electron chi connectivity index (χ4n) is 4.67. The van der Waals surface area contributed by atoms with Crippen LogP contribution in [0.25, 0.3) is 22.1 Å². The summed E-state index contributed by atoms with van der Waals surface area (Å²) in [7, 11) is 0. The van der Waals surface area contributed by atoms with Crippen molar-refractivity contribution in [3.05, 3.63) is 70.6 Å². The van der Waals surface area contributed by atoms with Crippen LogP contribution in [0.5, 0.6) is 0 Å². The van der Waals surface area contributed by atoms with E-state index < -0.39 is 11.2 Å². The van der Waals surface area contributed by atoms with Crippen molar-refractivity contribution >= 4 is 16.9 Å². The highest BCUT2D eigenvalue weighted by Crippen LogP contribution is 2.33. The Balaban J connectivity index is 1.43. The quantitative estimate of drug-likeness (QED) is 0.642. The molecule has 6 nitrogen and oxygen atoms in total. The Labute approximate surface area is 174 Å². The van der Waals surface area contributed by atoms with E-state index in [-0.39, 0.29) is 11.8 Å². The number of fused-ring (bicyclic) bond motifs is 2. The van der Waals surface area contributed by atoms with E-state index in [0.717, 1.165) is 24.9 Å². The maximum Gasteiger partial charge on any atom is 0.344 e. The van der Waals surface area contributed by atoms with Gasteiger partial charge in [-0.05, 0) is 49.2 Å². The summed E-state index contributed by atoms with van der Waals surface area (Å²) < 4.78 is 5.45. The average molecular weight is 404 g/mol. The zero-order valence-electron chi connectivity index (χ0n) is 16.6. The van der Waals surface area contributed by atoms with Gasteiger partial charge in [-0.25, -0.2) is 4.79 Å². The lowest BCUT2D eigenvalue weighted by molar-refractivity contribution is -0.0817. The molecular formula is C24H24N2O4. The Kier molecular flexibility index (Phi) is 4.68. The van der Waals surface area contributed by atoms with Gasteiger partial charge in [0.05, 0.1) is 11.2 Å². The summed E-state index contributed by atoms with van der Waals surface area (Å²) >= 11 is 0. The summed E-state index contributed by atoms with van der Waals surface area (Å²) in [4.78, 5) is 27.5. The van der Waals surface area contributed by atoms with Gasteiger partial charge < -0.3 is 19.7 Å². The average Bonchev–Trinajstić information content (AvgIpc) is 2.77. The van der Waals surface area contributed by atoms with Crippen LogP contribution >= 0.6 is 0 Å². The van der Waals surface area contributed by atoms with E-state index in [1.807, 2.05) is 29.2 Å². The molecule has 0 bridgehead atoms. The number of hydrogen-bond donors (Lipinski definition) is 2. The molecule has 1 amide bonds. The van der Waals surface area contributed by atoms with E-state index in [2.05, 4.69) is 5.32 Å². The fourth-order valence-corrected chi connectivity index (χ4v) is 4.67. The van der Waals surface area contributed by atoms with Crippen molar-refractivity contribution in [2.45, 2.75) is 18.4 Å². The lowest BCUT2D eigenvalue weighted by atomic mass is 9.76. The molecule has 0 unspecified atom stereocenters. The summed E-state index contributed by atoms with van der Waals surface area (Å²) in [6.45, 7) is 2.61. The van der Waals surface area contributed by atoms with Crippen LogP contribution in [0.2, 0.25) is 0 Å². The Morgan fingerprint density at radius 3 is 2.90 bits per heavy atom. The Bertz CT molecular complexity index is 1170. The fraction of sp³-hybridized carbons (Fsp3) is 0.333. The van der Waals surface area contributed by atoms with Crippen molar-refractivity contribution in [1.82, 2.24) is 10.2 Å². The highest BCUT2D eigenvalue weighted by atomic mass is 16.4. The summed E-state index contributed by atoms with van der Waals surface area (Å²) in [5.74, 6) is -0.0330. The van der Waals surface area contributed by atoms with Crippen LogP contribution in [0.1, 0.15) is 23.2 Å². The molecule has 154 valence electrons. The number of carbonyl (C=O) groups is 1. The molecule has 2 aliphatic heterocycles. The highest BCUT2D eigenvalue weighted by molar-refractivity contribution is 5.96. The largest absolute Gasteiger partial charge is 0.422 e. The van der Waals surface area contributed by atoms with Crippen LogP contribution in [0.4, 0.5) is 0 Å². The van der Waals surface area contributed by atoms with Crippen molar-refractivity contribution in [3.8, 4) is 11.1 Å². The first-order valence-electron chi connectivity index (χ1n) is 10.4. The molecule has 1 aromatic heterocycles. The lowest BCUT2D eigenvalue weighted by Gasteiger charge is -2.47. The summed E-state index contributed by atoms with van der Waals surface area (Å²) in [6.07, 6.45) is 1.33. The SMILES string of the molecule is O=C(c1cccc(-c2cc3ccccc3oc2=O)c1)N1CC[C@@]2(O)CCNC[C@H]2C1. The summed E-state index contributed by atoms with van der Waals surface area (Å²) in [5, 5.41) is 15.0. The minimum Gasteiger partial charge on any atom is -0.422 e. The minimum absolute atomic E-state index is 0.0414. The van der Waals surface area contributed by atoms with Crippen LogP contribution < -0.4 is 10.9 Å². The van der Waals surface area contributed by atoms with E-state index in [0.29, 0.717) is 41.8 Å². The van der Waals surface area contributed by atoms with Gasteiger partial charge in [-0.15, -0.1) is 0 Å². The second-order valence-electron chi connectivity index (χ2n) is 8.32. The molecule has 5 rings (SSSR count). The number of para-hydroxylation sites is 1. The Morgan fingerprint density at radius 2 is 2.00 bits per heavy atom. The molecule has 2 aliphatic rings. The first kappa shape index (κ1) is 19.0. The van der Waals surface area contributed by atoms with Crippen molar-refractivity contribution < 1.29 is 14.3 Å². The summed E-state index contributed by atoms with van der Waals surface area (Å²) in [6, 6.07) is 16.3. The van der Waals surface area contributed by atoms with Crippen LogP contribution in [-0.2, 0) is 0 Å². The lowest BCUT2D eigenvalue weighted by Crippen LogP contribution is -2.59. The number of rotatable bonds is 2. The standard InChI is InChI=1S/C24H24N2O4/c27-22(26-11-9-24(29)8-10-25-14-19(24)15-26)18-6-3-5-16(12-18)20-13-17-4-1-2-7-21(17)30-23(20)28/h1-7,12-13,19,25,29H,8-11,14-15H2/t19-,24-/m0/s1. The molecule has 2 N–H and O–H groups in total. The van der Waals surface area contributed by atoms with Gasteiger partial charge in [-0.1, -0.05) is 30.3 Å². The van der Waals surface area contributed by atoms with Gasteiger partial charge in [0.25, 0.3) is 5.91 Å². The van der Waals surface area contributed by atoms with Gasteiger partial charge in [-0.3, -0.25) is 4.79 Å². The number of hydrogen-bond acceptors (Lipinski definition) is 5. The molecule has 0 radical (unpaired) electrons. The molecule has 0 aliphatic carbocycles. The smallest absolute Gasteiger partial charge is 0.344 e. The zero-order valence-corrected chi connectivity index (χ0v) is 16.6. The van der Waals surface area contributed by atoms with Gasteiger partial charge >= 0.3 is 5.63 Å². The second kappa shape index (κ2) is 7.38. The maximum absolute atomic E-state index is 13.2. The minimum atomic E-state index is -0.673.